The molecule has 1 amide bonds. The molecule has 1 heterocycles. The largest absolute Gasteiger partial charge is 0.383 e. The van der Waals surface area contributed by atoms with Crippen molar-refractivity contribution >= 4 is 21.8 Å². The second-order valence-electron chi connectivity index (χ2n) is 3.14. The molecule has 1 aromatic rings. The van der Waals surface area contributed by atoms with E-state index in [1.165, 1.54) is 0 Å². The first-order chi connectivity index (χ1) is 7.13. The lowest BCUT2D eigenvalue weighted by atomic mass is 10.4. The summed E-state index contributed by atoms with van der Waals surface area (Å²) >= 11 is 3.38. The number of nitrogens with one attached hydrogen (secondary N) is 1. The molecule has 0 aliphatic rings. The van der Waals surface area contributed by atoms with E-state index < -0.39 is 0 Å². The van der Waals surface area contributed by atoms with Crippen LogP contribution in [0.25, 0.3) is 0 Å². The number of hydrogen-bond donors (Lipinski definition) is 1. The van der Waals surface area contributed by atoms with E-state index in [-0.39, 0.29) is 10.7 Å². The molecule has 84 valence electrons. The average molecular weight is 276 g/mol. The minimum atomic E-state index is -0.170. The number of carbonyl (C=O) groups excluding carboxylic acids is 1. The van der Waals surface area contributed by atoms with Gasteiger partial charge in [-0.05, 0) is 6.07 Å². The predicted molar refractivity (Wildman–Crippen MR) is 60.1 cm³/mol. The number of ether oxygens (including phenoxy) is 1. The number of aromatic nitrogens is 2. The smallest absolute Gasteiger partial charge is 0.271 e. The molecule has 1 N–H and O–H groups in total. The molecule has 0 aromatic carbocycles. The van der Waals surface area contributed by atoms with Crippen LogP contribution in [0.5, 0.6) is 0 Å². The van der Waals surface area contributed by atoms with Gasteiger partial charge in [-0.3, -0.25) is 9.48 Å². The van der Waals surface area contributed by atoms with Gasteiger partial charge in [0, 0.05) is 26.9 Å². The maximum absolute atomic E-state index is 11.5. The lowest BCUT2D eigenvalue weighted by Gasteiger charge is -2.08. The quantitative estimate of drug-likeness (QED) is 0.799. The van der Waals surface area contributed by atoms with E-state index in [0.717, 1.165) is 0 Å². The highest BCUT2D eigenvalue weighted by molar-refractivity contribution is 9.09. The Morgan fingerprint density at radius 3 is 3.07 bits per heavy atom. The molecule has 0 spiro atoms. The van der Waals surface area contributed by atoms with E-state index in [0.29, 0.717) is 18.8 Å². The summed E-state index contributed by atoms with van der Waals surface area (Å²) in [7, 11) is 3.39. The molecule has 0 saturated heterocycles. The lowest BCUT2D eigenvalue weighted by molar-refractivity contribution is 0.0944. The molecular formula is C9H14BrN3O2. The molecule has 15 heavy (non-hydrogen) atoms. The monoisotopic (exact) mass is 275 g/mol. The van der Waals surface area contributed by atoms with Crippen LogP contribution in [0.3, 0.4) is 0 Å². The van der Waals surface area contributed by atoms with E-state index in [1.807, 2.05) is 0 Å². The molecule has 1 atom stereocenters. The van der Waals surface area contributed by atoms with E-state index >= 15 is 0 Å². The SMILES string of the molecule is COCC(Br)CNC(=O)c1ccn(C)n1. The zero-order valence-electron chi connectivity index (χ0n) is 8.74. The van der Waals surface area contributed by atoms with Crippen LogP contribution in [0, 0.1) is 0 Å². The maximum atomic E-state index is 11.5. The number of methoxy groups -OCH3 is 1. The van der Waals surface area contributed by atoms with E-state index in [9.17, 15) is 4.79 Å². The van der Waals surface area contributed by atoms with E-state index in [1.54, 1.807) is 31.1 Å². The minimum Gasteiger partial charge on any atom is -0.383 e. The van der Waals surface area contributed by atoms with Crippen LogP contribution in [0.2, 0.25) is 0 Å². The van der Waals surface area contributed by atoms with Crippen molar-refractivity contribution in [3.63, 3.8) is 0 Å². The molecule has 0 saturated carbocycles. The fourth-order valence-electron chi connectivity index (χ4n) is 1.07. The number of halogens is 1. The molecule has 0 bridgehead atoms. The highest BCUT2D eigenvalue weighted by atomic mass is 79.9. The Hall–Kier alpha value is -0.880. The lowest BCUT2D eigenvalue weighted by Crippen LogP contribution is -2.31. The number of amides is 1. The van der Waals surface area contributed by atoms with Crippen molar-refractivity contribution in [3.05, 3.63) is 18.0 Å². The van der Waals surface area contributed by atoms with Crippen molar-refractivity contribution in [3.8, 4) is 0 Å². The Morgan fingerprint density at radius 1 is 1.80 bits per heavy atom. The number of nitrogens with zero attached hydrogens (tertiary/aromatic N) is 2. The third-order valence-electron chi connectivity index (χ3n) is 1.78. The highest BCUT2D eigenvalue weighted by Crippen LogP contribution is 1.99. The number of carbonyl (C=O) groups is 1. The first-order valence-corrected chi connectivity index (χ1v) is 5.46. The Labute approximate surface area is 96.9 Å². The zero-order chi connectivity index (χ0) is 11.3. The molecular weight excluding hydrogens is 262 g/mol. The van der Waals surface area contributed by atoms with Gasteiger partial charge >= 0.3 is 0 Å². The van der Waals surface area contributed by atoms with Gasteiger partial charge in [0.2, 0.25) is 0 Å². The summed E-state index contributed by atoms with van der Waals surface area (Å²) in [6.07, 6.45) is 1.73. The van der Waals surface area contributed by atoms with Crippen molar-refractivity contribution in [1.29, 1.82) is 0 Å². The van der Waals surface area contributed by atoms with E-state index in [4.69, 9.17) is 4.74 Å². The molecule has 6 heteroatoms. The van der Waals surface area contributed by atoms with Gasteiger partial charge in [-0.25, -0.2) is 0 Å². The van der Waals surface area contributed by atoms with Crippen LogP contribution < -0.4 is 5.32 Å². The summed E-state index contributed by atoms with van der Waals surface area (Å²) in [5, 5.41) is 6.75. The topological polar surface area (TPSA) is 56.1 Å². The van der Waals surface area contributed by atoms with Crippen LogP contribution in [0.4, 0.5) is 0 Å². The summed E-state index contributed by atoms with van der Waals surface area (Å²) in [6.45, 7) is 1.08. The standard InChI is InChI=1S/C9H14BrN3O2/c1-13-4-3-8(12-13)9(14)11-5-7(10)6-15-2/h3-4,7H,5-6H2,1-2H3,(H,11,14). The predicted octanol–water partition coefficient (Wildman–Crippen LogP) is 0.560. The Balaban J connectivity index is 2.36. The fourth-order valence-corrected chi connectivity index (χ4v) is 1.50. The third-order valence-corrected chi connectivity index (χ3v) is 2.37. The molecule has 5 nitrogen and oxygen atoms in total. The maximum Gasteiger partial charge on any atom is 0.271 e. The number of rotatable bonds is 5. The third kappa shape index (κ3) is 4.01. The van der Waals surface area contributed by atoms with Gasteiger partial charge < -0.3 is 10.1 Å². The van der Waals surface area contributed by atoms with Crippen LogP contribution in [-0.4, -0.2) is 40.8 Å². The van der Waals surface area contributed by atoms with Crippen LogP contribution in [0.15, 0.2) is 12.3 Å². The molecule has 0 radical (unpaired) electrons. The molecule has 0 aliphatic heterocycles. The second-order valence-corrected chi connectivity index (χ2v) is 4.43. The van der Waals surface area contributed by atoms with Crippen LogP contribution >= 0.6 is 15.9 Å². The molecule has 1 unspecified atom stereocenters. The fraction of sp³-hybridized carbons (Fsp3) is 0.556. The van der Waals surface area contributed by atoms with Gasteiger partial charge in [-0.1, -0.05) is 15.9 Å². The summed E-state index contributed by atoms with van der Waals surface area (Å²) in [5.41, 5.74) is 0.426. The van der Waals surface area contributed by atoms with Gasteiger partial charge in [0.25, 0.3) is 5.91 Å². The number of aryl methyl sites for hydroxylation is 1. The van der Waals surface area contributed by atoms with Gasteiger partial charge in [0.05, 0.1) is 11.4 Å². The van der Waals surface area contributed by atoms with E-state index in [2.05, 4.69) is 26.3 Å². The number of hydrogen-bond acceptors (Lipinski definition) is 3. The van der Waals surface area contributed by atoms with Gasteiger partial charge in [0.1, 0.15) is 5.69 Å². The minimum absolute atomic E-state index is 0.121. The Bertz CT molecular complexity index is 327. The Kier molecular flexibility index (Phi) is 4.77. The Morgan fingerprint density at radius 2 is 2.53 bits per heavy atom. The summed E-state index contributed by atoms with van der Waals surface area (Å²) in [5.74, 6) is -0.170. The summed E-state index contributed by atoms with van der Waals surface area (Å²) < 4.78 is 6.52. The zero-order valence-corrected chi connectivity index (χ0v) is 10.3. The summed E-state index contributed by atoms with van der Waals surface area (Å²) in [6, 6.07) is 1.68. The van der Waals surface area contributed by atoms with Crippen molar-refractivity contribution < 1.29 is 9.53 Å². The average Bonchev–Trinajstić information content (AvgIpc) is 2.62. The van der Waals surface area contributed by atoms with Crippen LogP contribution in [0.1, 0.15) is 10.5 Å². The number of alkyl halides is 1. The molecule has 0 aliphatic carbocycles. The molecule has 1 aromatic heterocycles. The van der Waals surface area contributed by atoms with Gasteiger partial charge in [0.15, 0.2) is 0 Å². The van der Waals surface area contributed by atoms with Crippen molar-refractivity contribution in [2.24, 2.45) is 7.05 Å². The molecule has 1 rings (SSSR count). The van der Waals surface area contributed by atoms with Crippen LogP contribution in [-0.2, 0) is 11.8 Å². The summed E-state index contributed by atoms with van der Waals surface area (Å²) in [4.78, 5) is 11.6. The normalized spacial score (nSPS) is 12.5. The highest BCUT2D eigenvalue weighted by Gasteiger charge is 2.10. The second kappa shape index (κ2) is 5.87. The molecule has 0 fully saturated rings. The van der Waals surface area contributed by atoms with Crippen molar-refractivity contribution in [1.82, 2.24) is 15.1 Å². The van der Waals surface area contributed by atoms with Crippen molar-refractivity contribution in [2.75, 3.05) is 20.3 Å². The van der Waals surface area contributed by atoms with Crippen molar-refractivity contribution in [2.45, 2.75) is 4.83 Å². The first kappa shape index (κ1) is 12.2. The van der Waals surface area contributed by atoms with Gasteiger partial charge in [-0.2, -0.15) is 5.10 Å². The van der Waals surface area contributed by atoms with Gasteiger partial charge in [-0.15, -0.1) is 0 Å². The first-order valence-electron chi connectivity index (χ1n) is 4.54.